The van der Waals surface area contributed by atoms with Crippen molar-refractivity contribution < 1.29 is 9.15 Å². The molecule has 2 heterocycles. The Morgan fingerprint density at radius 2 is 2.00 bits per heavy atom. The third kappa shape index (κ3) is 2.93. The summed E-state index contributed by atoms with van der Waals surface area (Å²) >= 11 is 1.62. The highest BCUT2D eigenvalue weighted by Crippen LogP contribution is 2.29. The largest absolute Gasteiger partial charge is 0.469 e. The highest BCUT2D eigenvalue weighted by Gasteiger charge is 2.18. The summed E-state index contributed by atoms with van der Waals surface area (Å²) in [6.45, 7) is 2.60. The van der Waals surface area contributed by atoms with E-state index in [-0.39, 0.29) is 0 Å². The highest BCUT2D eigenvalue weighted by molar-refractivity contribution is 7.99. The lowest BCUT2D eigenvalue weighted by atomic mass is 10.2. The molecule has 0 N–H and O–H groups in total. The minimum absolute atomic E-state index is 0.673. The standard InChI is InChI=1S/C16H17N3O2S/c1-12-14(8-9-21-12)15-17-18-16(22-11-10-20-2)19(15)13-6-4-3-5-7-13/h3-9H,10-11H2,1-2H3. The van der Waals surface area contributed by atoms with Gasteiger partial charge in [0, 0.05) is 18.6 Å². The van der Waals surface area contributed by atoms with Gasteiger partial charge in [-0.2, -0.15) is 0 Å². The molecule has 0 atom stereocenters. The fraction of sp³-hybridized carbons (Fsp3) is 0.250. The first kappa shape index (κ1) is 14.9. The van der Waals surface area contributed by atoms with E-state index in [1.54, 1.807) is 25.1 Å². The average molecular weight is 315 g/mol. The third-order valence-electron chi connectivity index (χ3n) is 3.27. The van der Waals surface area contributed by atoms with E-state index in [0.717, 1.165) is 33.7 Å². The first-order valence-corrected chi connectivity index (χ1v) is 7.97. The molecule has 0 bridgehead atoms. The molecule has 22 heavy (non-hydrogen) atoms. The van der Waals surface area contributed by atoms with Crippen molar-refractivity contribution in [2.75, 3.05) is 19.5 Å². The number of rotatable bonds is 6. The van der Waals surface area contributed by atoms with Crippen LogP contribution in [0.15, 0.2) is 52.2 Å². The van der Waals surface area contributed by atoms with Gasteiger partial charge in [0.15, 0.2) is 11.0 Å². The van der Waals surface area contributed by atoms with E-state index in [1.807, 2.05) is 43.3 Å². The molecule has 6 heteroatoms. The van der Waals surface area contributed by atoms with E-state index in [9.17, 15) is 0 Å². The molecule has 0 saturated carbocycles. The zero-order valence-corrected chi connectivity index (χ0v) is 13.3. The fourth-order valence-electron chi connectivity index (χ4n) is 2.18. The topological polar surface area (TPSA) is 53.1 Å². The van der Waals surface area contributed by atoms with Crippen molar-refractivity contribution in [2.45, 2.75) is 12.1 Å². The van der Waals surface area contributed by atoms with Crippen molar-refractivity contribution in [3.8, 4) is 17.1 Å². The van der Waals surface area contributed by atoms with Crippen LogP contribution in [0.2, 0.25) is 0 Å². The minimum atomic E-state index is 0.673. The van der Waals surface area contributed by atoms with Crippen LogP contribution in [-0.4, -0.2) is 34.2 Å². The number of aromatic nitrogens is 3. The quantitative estimate of drug-likeness (QED) is 0.514. The van der Waals surface area contributed by atoms with Crippen LogP contribution in [-0.2, 0) is 4.74 Å². The number of aryl methyl sites for hydroxylation is 1. The Kier molecular flexibility index (Phi) is 4.60. The Balaban J connectivity index is 2.05. The number of ether oxygens (including phenoxy) is 1. The molecule has 1 aromatic carbocycles. The molecule has 0 saturated heterocycles. The zero-order chi connectivity index (χ0) is 15.4. The van der Waals surface area contributed by atoms with E-state index >= 15 is 0 Å². The predicted octanol–water partition coefficient (Wildman–Crippen LogP) is 3.57. The molecule has 2 aromatic heterocycles. The lowest BCUT2D eigenvalue weighted by molar-refractivity contribution is 0.218. The maximum absolute atomic E-state index is 5.41. The molecule has 0 aliphatic rings. The first-order chi connectivity index (χ1) is 10.8. The van der Waals surface area contributed by atoms with Gasteiger partial charge >= 0.3 is 0 Å². The highest BCUT2D eigenvalue weighted by atomic mass is 32.2. The second-order valence-corrected chi connectivity index (χ2v) is 5.77. The number of hydrogen-bond donors (Lipinski definition) is 0. The summed E-state index contributed by atoms with van der Waals surface area (Å²) < 4.78 is 12.6. The van der Waals surface area contributed by atoms with Crippen molar-refractivity contribution in [2.24, 2.45) is 0 Å². The first-order valence-electron chi connectivity index (χ1n) is 6.98. The van der Waals surface area contributed by atoms with E-state index in [0.29, 0.717) is 6.61 Å². The molecule has 3 rings (SSSR count). The van der Waals surface area contributed by atoms with Gasteiger partial charge in [0.05, 0.1) is 18.4 Å². The van der Waals surface area contributed by atoms with Crippen molar-refractivity contribution in [1.29, 1.82) is 0 Å². The second kappa shape index (κ2) is 6.81. The Labute approximate surface area is 133 Å². The molecule has 114 valence electrons. The monoisotopic (exact) mass is 315 g/mol. The smallest absolute Gasteiger partial charge is 0.196 e. The number of nitrogens with zero attached hydrogens (tertiary/aromatic N) is 3. The zero-order valence-electron chi connectivity index (χ0n) is 12.5. The summed E-state index contributed by atoms with van der Waals surface area (Å²) in [7, 11) is 1.70. The summed E-state index contributed by atoms with van der Waals surface area (Å²) in [6.07, 6.45) is 1.67. The maximum Gasteiger partial charge on any atom is 0.196 e. The van der Waals surface area contributed by atoms with Gasteiger partial charge in [-0.25, -0.2) is 0 Å². The molecular weight excluding hydrogens is 298 g/mol. The third-order valence-corrected chi connectivity index (χ3v) is 4.16. The normalized spacial score (nSPS) is 11.0. The van der Waals surface area contributed by atoms with Gasteiger partial charge in [-0.3, -0.25) is 4.57 Å². The summed E-state index contributed by atoms with van der Waals surface area (Å²) in [4.78, 5) is 0. The lowest BCUT2D eigenvalue weighted by Crippen LogP contribution is -2.01. The van der Waals surface area contributed by atoms with Gasteiger partial charge in [0.1, 0.15) is 5.76 Å². The van der Waals surface area contributed by atoms with Crippen LogP contribution in [0.4, 0.5) is 0 Å². The number of hydrogen-bond acceptors (Lipinski definition) is 5. The van der Waals surface area contributed by atoms with Crippen LogP contribution in [0.1, 0.15) is 5.76 Å². The SMILES string of the molecule is COCCSc1nnc(-c2ccoc2C)n1-c1ccccc1. The number of methoxy groups -OCH3 is 1. The second-order valence-electron chi connectivity index (χ2n) is 4.71. The molecule has 0 radical (unpaired) electrons. The lowest BCUT2D eigenvalue weighted by Gasteiger charge is -2.09. The van der Waals surface area contributed by atoms with E-state index in [1.165, 1.54) is 0 Å². The molecule has 0 aliphatic carbocycles. The van der Waals surface area contributed by atoms with E-state index < -0.39 is 0 Å². The summed E-state index contributed by atoms with van der Waals surface area (Å²) in [6, 6.07) is 12.0. The fourth-order valence-corrected chi connectivity index (χ4v) is 3.03. The van der Waals surface area contributed by atoms with Crippen molar-refractivity contribution in [1.82, 2.24) is 14.8 Å². The average Bonchev–Trinajstić information content (AvgIpc) is 3.14. The maximum atomic E-state index is 5.41. The molecule has 0 spiro atoms. The van der Waals surface area contributed by atoms with Gasteiger partial charge in [-0.15, -0.1) is 10.2 Å². The molecule has 0 unspecified atom stereocenters. The number of para-hydroxylation sites is 1. The van der Waals surface area contributed by atoms with Gasteiger partial charge in [0.25, 0.3) is 0 Å². The van der Waals surface area contributed by atoms with Gasteiger partial charge < -0.3 is 9.15 Å². The Bertz CT molecular complexity index is 737. The Morgan fingerprint density at radius 3 is 2.68 bits per heavy atom. The van der Waals surface area contributed by atoms with Crippen LogP contribution < -0.4 is 0 Å². The summed E-state index contributed by atoms with van der Waals surface area (Å²) in [5.41, 5.74) is 1.98. The predicted molar refractivity (Wildman–Crippen MR) is 86.4 cm³/mol. The van der Waals surface area contributed by atoms with Crippen molar-refractivity contribution in [3.63, 3.8) is 0 Å². The molecule has 3 aromatic rings. The minimum Gasteiger partial charge on any atom is -0.469 e. The summed E-state index contributed by atoms with van der Waals surface area (Å²) in [5.74, 6) is 2.45. The van der Waals surface area contributed by atoms with Gasteiger partial charge in [-0.1, -0.05) is 30.0 Å². The molecule has 0 aliphatic heterocycles. The van der Waals surface area contributed by atoms with Crippen molar-refractivity contribution in [3.05, 3.63) is 48.4 Å². The molecule has 0 fully saturated rings. The van der Waals surface area contributed by atoms with Gasteiger partial charge in [-0.05, 0) is 25.1 Å². The number of thioether (sulfide) groups is 1. The number of furan rings is 1. The van der Waals surface area contributed by atoms with Crippen molar-refractivity contribution >= 4 is 11.8 Å². The van der Waals surface area contributed by atoms with Gasteiger partial charge in [0.2, 0.25) is 0 Å². The van der Waals surface area contributed by atoms with Crippen LogP contribution in [0.5, 0.6) is 0 Å². The van der Waals surface area contributed by atoms with Crippen LogP contribution in [0.25, 0.3) is 17.1 Å². The summed E-state index contributed by atoms with van der Waals surface area (Å²) in [5, 5.41) is 9.55. The van der Waals surface area contributed by atoms with Crippen LogP contribution >= 0.6 is 11.8 Å². The Morgan fingerprint density at radius 1 is 1.18 bits per heavy atom. The molecule has 0 amide bonds. The molecule has 5 nitrogen and oxygen atoms in total. The van der Waals surface area contributed by atoms with E-state index in [4.69, 9.17) is 9.15 Å². The number of benzene rings is 1. The van der Waals surface area contributed by atoms with E-state index in [2.05, 4.69) is 14.8 Å². The molecular formula is C16H17N3O2S. The van der Waals surface area contributed by atoms with Crippen LogP contribution in [0.3, 0.4) is 0 Å². The van der Waals surface area contributed by atoms with Crippen LogP contribution in [0, 0.1) is 6.92 Å². The Hall–Kier alpha value is -2.05.